The molecule has 0 radical (unpaired) electrons. The highest BCUT2D eigenvalue weighted by Gasteiger charge is 2.16. The van der Waals surface area contributed by atoms with Gasteiger partial charge < -0.3 is 5.32 Å². The summed E-state index contributed by atoms with van der Waals surface area (Å²) in [5.41, 5.74) is 3.78. The first-order valence-corrected chi connectivity index (χ1v) is 10.7. The van der Waals surface area contributed by atoms with E-state index >= 15 is 0 Å². The van der Waals surface area contributed by atoms with Crippen LogP contribution in [0.5, 0.6) is 0 Å². The Hall–Kier alpha value is -2.98. The van der Waals surface area contributed by atoms with Gasteiger partial charge in [-0.25, -0.2) is 9.50 Å². The highest BCUT2D eigenvalue weighted by atomic mass is 32.2. The number of thioether (sulfide) groups is 1. The van der Waals surface area contributed by atoms with Gasteiger partial charge in [0.2, 0.25) is 11.0 Å². The number of hydrogen-bond donors (Lipinski definition) is 2. The fraction of sp³-hybridized carbons (Fsp3) is 0.211. The van der Waals surface area contributed by atoms with Crippen molar-refractivity contribution in [3.8, 4) is 0 Å². The van der Waals surface area contributed by atoms with E-state index in [0.29, 0.717) is 16.5 Å². The number of amides is 1. The second-order valence-corrected chi connectivity index (χ2v) is 8.65. The standard InChI is InChI=1S/C19H18N6O2S2/c1-11-14(12(2)25-15(20-11)9-17(27)24-25)8-16(26)21-18-22-23-19(29-18)28-10-13-6-4-3-5-7-13/h3-7,9H,8,10H2,1-2H3,(H,24,27)(H,21,22,26). The van der Waals surface area contributed by atoms with Gasteiger partial charge in [-0.2, -0.15) is 0 Å². The van der Waals surface area contributed by atoms with Gasteiger partial charge in [-0.05, 0) is 19.4 Å². The molecule has 0 bridgehead atoms. The molecule has 1 aromatic carbocycles. The zero-order valence-corrected chi connectivity index (χ0v) is 17.4. The van der Waals surface area contributed by atoms with Gasteiger partial charge in [-0.1, -0.05) is 53.4 Å². The van der Waals surface area contributed by atoms with Crippen molar-refractivity contribution >= 4 is 39.8 Å². The summed E-state index contributed by atoms with van der Waals surface area (Å²) in [5.74, 6) is 0.588. The van der Waals surface area contributed by atoms with Crippen molar-refractivity contribution in [3.05, 3.63) is 69.3 Å². The lowest BCUT2D eigenvalue weighted by molar-refractivity contribution is -0.115. The molecule has 0 aliphatic rings. The summed E-state index contributed by atoms with van der Waals surface area (Å²) in [4.78, 5) is 28.5. The maximum atomic E-state index is 12.5. The Balaban J connectivity index is 1.42. The lowest BCUT2D eigenvalue weighted by Crippen LogP contribution is -2.17. The molecule has 29 heavy (non-hydrogen) atoms. The first-order valence-electron chi connectivity index (χ1n) is 8.87. The summed E-state index contributed by atoms with van der Waals surface area (Å²) >= 11 is 2.93. The van der Waals surface area contributed by atoms with E-state index in [1.165, 1.54) is 23.0 Å². The molecular weight excluding hydrogens is 408 g/mol. The van der Waals surface area contributed by atoms with Crippen LogP contribution in [0, 0.1) is 13.8 Å². The van der Waals surface area contributed by atoms with Crippen LogP contribution < -0.4 is 10.9 Å². The van der Waals surface area contributed by atoms with Gasteiger partial charge in [0.15, 0.2) is 9.99 Å². The highest BCUT2D eigenvalue weighted by molar-refractivity contribution is 8.00. The van der Waals surface area contributed by atoms with Crippen LogP contribution in [-0.2, 0) is 17.0 Å². The van der Waals surface area contributed by atoms with Crippen molar-refractivity contribution < 1.29 is 4.79 Å². The number of nitrogens with one attached hydrogen (secondary N) is 2. The van der Waals surface area contributed by atoms with Crippen LogP contribution in [-0.4, -0.2) is 30.7 Å². The van der Waals surface area contributed by atoms with E-state index in [1.54, 1.807) is 16.3 Å². The molecule has 10 heteroatoms. The quantitative estimate of drug-likeness (QED) is 0.363. The minimum Gasteiger partial charge on any atom is -0.300 e. The largest absolute Gasteiger partial charge is 0.300 e. The van der Waals surface area contributed by atoms with Gasteiger partial charge in [0, 0.05) is 28.8 Å². The predicted molar refractivity (Wildman–Crippen MR) is 114 cm³/mol. The van der Waals surface area contributed by atoms with Crippen LogP contribution in [0.3, 0.4) is 0 Å². The molecule has 2 N–H and O–H groups in total. The van der Waals surface area contributed by atoms with E-state index in [2.05, 4.69) is 37.7 Å². The average molecular weight is 427 g/mol. The van der Waals surface area contributed by atoms with E-state index in [1.807, 2.05) is 32.0 Å². The van der Waals surface area contributed by atoms with Crippen LogP contribution >= 0.6 is 23.1 Å². The van der Waals surface area contributed by atoms with Crippen molar-refractivity contribution in [2.45, 2.75) is 30.4 Å². The van der Waals surface area contributed by atoms with Crippen LogP contribution in [0.2, 0.25) is 0 Å². The maximum absolute atomic E-state index is 12.5. The lowest BCUT2D eigenvalue weighted by Gasteiger charge is -2.10. The van der Waals surface area contributed by atoms with E-state index in [-0.39, 0.29) is 17.9 Å². The molecule has 0 fully saturated rings. The van der Waals surface area contributed by atoms with Crippen LogP contribution in [0.4, 0.5) is 5.13 Å². The van der Waals surface area contributed by atoms with Crippen molar-refractivity contribution in [2.24, 2.45) is 0 Å². The number of nitrogens with zero attached hydrogens (tertiary/aromatic N) is 4. The Bertz CT molecular complexity index is 1230. The molecule has 148 valence electrons. The number of anilines is 1. The fourth-order valence-electron chi connectivity index (χ4n) is 2.97. The van der Waals surface area contributed by atoms with E-state index in [4.69, 9.17) is 0 Å². The molecule has 4 aromatic rings. The summed E-state index contributed by atoms with van der Waals surface area (Å²) in [6.45, 7) is 3.68. The zero-order chi connectivity index (χ0) is 20.4. The summed E-state index contributed by atoms with van der Waals surface area (Å²) in [6.07, 6.45) is 0.132. The molecule has 0 unspecified atom stereocenters. The average Bonchev–Trinajstić information content (AvgIpc) is 3.30. The van der Waals surface area contributed by atoms with Crippen molar-refractivity contribution in [1.82, 2.24) is 24.8 Å². The zero-order valence-electron chi connectivity index (χ0n) is 15.8. The maximum Gasteiger partial charge on any atom is 0.266 e. The Morgan fingerprint density at radius 3 is 2.83 bits per heavy atom. The van der Waals surface area contributed by atoms with Crippen molar-refractivity contribution in [2.75, 3.05) is 5.32 Å². The summed E-state index contributed by atoms with van der Waals surface area (Å²) in [6, 6.07) is 11.5. The third-order valence-corrected chi connectivity index (χ3v) is 6.44. The summed E-state index contributed by atoms with van der Waals surface area (Å²) in [7, 11) is 0. The monoisotopic (exact) mass is 426 g/mol. The number of hydrogen-bond acceptors (Lipinski definition) is 7. The van der Waals surface area contributed by atoms with Gasteiger partial charge in [0.05, 0.1) is 6.42 Å². The Kier molecular flexibility index (Phi) is 5.45. The number of aromatic amines is 1. The van der Waals surface area contributed by atoms with Gasteiger partial charge in [0.1, 0.15) is 0 Å². The van der Waals surface area contributed by atoms with Gasteiger partial charge in [-0.3, -0.25) is 14.7 Å². The van der Waals surface area contributed by atoms with Crippen LogP contribution in [0.25, 0.3) is 5.65 Å². The molecule has 3 aromatic heterocycles. The third kappa shape index (κ3) is 4.38. The molecular formula is C19H18N6O2S2. The molecule has 0 atom stereocenters. The highest BCUT2D eigenvalue weighted by Crippen LogP contribution is 2.28. The number of fused-ring (bicyclic) bond motifs is 1. The molecule has 0 aliphatic heterocycles. The number of H-pyrrole nitrogens is 1. The number of aryl methyl sites for hydroxylation is 2. The number of carbonyl (C=O) groups is 1. The number of carbonyl (C=O) groups excluding carboxylic acids is 1. The number of benzene rings is 1. The van der Waals surface area contributed by atoms with Crippen molar-refractivity contribution in [1.29, 1.82) is 0 Å². The molecule has 0 saturated carbocycles. The molecule has 0 spiro atoms. The SMILES string of the molecule is Cc1nc2cc(=O)[nH]n2c(C)c1CC(=O)Nc1nnc(SCc2ccccc2)s1. The molecule has 0 aliphatic carbocycles. The second-order valence-electron chi connectivity index (χ2n) is 6.45. The number of aromatic nitrogens is 5. The molecule has 8 nitrogen and oxygen atoms in total. The van der Waals surface area contributed by atoms with Crippen LogP contribution in [0.15, 0.2) is 45.5 Å². The van der Waals surface area contributed by atoms with E-state index < -0.39 is 0 Å². The minimum absolute atomic E-state index is 0.132. The van der Waals surface area contributed by atoms with Gasteiger partial charge in [0.25, 0.3) is 5.56 Å². The molecule has 1 amide bonds. The van der Waals surface area contributed by atoms with E-state index in [9.17, 15) is 9.59 Å². The first kappa shape index (κ1) is 19.3. The van der Waals surface area contributed by atoms with Gasteiger partial charge >= 0.3 is 0 Å². The lowest BCUT2D eigenvalue weighted by atomic mass is 10.1. The Morgan fingerprint density at radius 2 is 2.03 bits per heavy atom. The third-order valence-electron chi connectivity index (χ3n) is 4.40. The fourth-order valence-corrected chi connectivity index (χ4v) is 4.70. The summed E-state index contributed by atoms with van der Waals surface area (Å²) in [5, 5.41) is 14.1. The van der Waals surface area contributed by atoms with Crippen molar-refractivity contribution in [3.63, 3.8) is 0 Å². The first-order chi connectivity index (χ1) is 14.0. The Labute approximate surface area is 174 Å². The van der Waals surface area contributed by atoms with Crippen LogP contribution in [0.1, 0.15) is 22.5 Å². The minimum atomic E-state index is -0.226. The normalized spacial score (nSPS) is 11.1. The second kappa shape index (κ2) is 8.18. The van der Waals surface area contributed by atoms with E-state index in [0.717, 1.165) is 21.3 Å². The summed E-state index contributed by atoms with van der Waals surface area (Å²) < 4.78 is 2.39. The number of rotatable bonds is 6. The molecule has 4 rings (SSSR count). The van der Waals surface area contributed by atoms with Gasteiger partial charge in [-0.15, -0.1) is 10.2 Å². The topological polar surface area (TPSA) is 105 Å². The Morgan fingerprint density at radius 1 is 1.24 bits per heavy atom. The smallest absolute Gasteiger partial charge is 0.266 e. The molecule has 0 saturated heterocycles. The molecule has 3 heterocycles. The predicted octanol–water partition coefficient (Wildman–Crippen LogP) is 2.96.